The van der Waals surface area contributed by atoms with Gasteiger partial charge in [0.1, 0.15) is 0 Å². The molecule has 152 valence electrons. The summed E-state index contributed by atoms with van der Waals surface area (Å²) in [4.78, 5) is 11.4. The number of rotatable bonds is 5. The molecule has 6 nitrogen and oxygen atoms in total. The van der Waals surface area contributed by atoms with Crippen LogP contribution in [0.4, 0.5) is 18.9 Å². The van der Waals surface area contributed by atoms with Crippen molar-refractivity contribution in [1.82, 2.24) is 9.88 Å². The van der Waals surface area contributed by atoms with Crippen LogP contribution in [0.2, 0.25) is 0 Å². The summed E-state index contributed by atoms with van der Waals surface area (Å²) in [7, 11) is -2.77. The lowest BCUT2D eigenvalue weighted by atomic mass is 10.1. The monoisotopic (exact) mass is 423 g/mol. The molecule has 29 heavy (non-hydrogen) atoms. The lowest BCUT2D eigenvalue weighted by Gasteiger charge is -2.16. The van der Waals surface area contributed by atoms with E-state index in [0.717, 1.165) is 12.1 Å². The van der Waals surface area contributed by atoms with Crippen LogP contribution < -0.4 is 10.0 Å². The number of hydrogen-bond donors (Lipinski definition) is 2. The second-order valence-corrected chi connectivity index (χ2v) is 7.71. The zero-order valence-corrected chi connectivity index (χ0v) is 15.9. The Hall–Kier alpha value is -3.27. The van der Waals surface area contributed by atoms with Gasteiger partial charge in [-0.1, -0.05) is 0 Å². The van der Waals surface area contributed by atoms with E-state index in [4.69, 9.17) is 0 Å². The van der Waals surface area contributed by atoms with Crippen molar-refractivity contribution in [3.8, 4) is 5.69 Å². The number of nitrogens with one attached hydrogen (secondary N) is 2. The van der Waals surface area contributed by atoms with Crippen molar-refractivity contribution in [2.24, 2.45) is 0 Å². The summed E-state index contributed by atoms with van der Waals surface area (Å²) in [5.41, 5.74) is -0.737. The minimum atomic E-state index is -4.63. The Labute approximate surface area is 165 Å². The largest absolute Gasteiger partial charge is 0.416 e. The SMILES string of the molecule is CNC(=O)c1ccc(S(=O)(=O)Nc2cc(C(F)(F)F)ccc2-n2cccc2)cc1. The van der Waals surface area contributed by atoms with Crippen LogP contribution >= 0.6 is 0 Å². The first kappa shape index (κ1) is 20.5. The van der Waals surface area contributed by atoms with Gasteiger partial charge in [-0.3, -0.25) is 9.52 Å². The van der Waals surface area contributed by atoms with Gasteiger partial charge in [0.2, 0.25) is 0 Å². The first-order valence-electron chi connectivity index (χ1n) is 8.31. The fraction of sp³-hybridized carbons (Fsp3) is 0.105. The summed E-state index contributed by atoms with van der Waals surface area (Å²) in [5, 5.41) is 2.41. The lowest BCUT2D eigenvalue weighted by Crippen LogP contribution is -2.18. The number of carbonyl (C=O) groups is 1. The molecule has 1 heterocycles. The number of amides is 1. The number of aromatic nitrogens is 1. The molecule has 0 aliphatic rings. The highest BCUT2D eigenvalue weighted by Crippen LogP contribution is 2.34. The number of carbonyl (C=O) groups excluding carboxylic acids is 1. The maximum Gasteiger partial charge on any atom is 0.416 e. The normalized spacial score (nSPS) is 11.9. The molecule has 3 rings (SSSR count). The van der Waals surface area contributed by atoms with Gasteiger partial charge in [-0.2, -0.15) is 13.2 Å². The summed E-state index contributed by atoms with van der Waals surface area (Å²) in [6.45, 7) is 0. The summed E-state index contributed by atoms with van der Waals surface area (Å²) in [5.74, 6) is -0.394. The molecule has 0 aliphatic carbocycles. The van der Waals surface area contributed by atoms with E-state index in [9.17, 15) is 26.4 Å². The molecule has 3 aromatic rings. The van der Waals surface area contributed by atoms with Gasteiger partial charge in [-0.15, -0.1) is 0 Å². The third-order valence-electron chi connectivity index (χ3n) is 4.10. The first-order valence-corrected chi connectivity index (χ1v) is 9.80. The number of alkyl halides is 3. The number of hydrogen-bond acceptors (Lipinski definition) is 3. The fourth-order valence-electron chi connectivity index (χ4n) is 2.65. The Balaban J connectivity index is 2.02. The van der Waals surface area contributed by atoms with E-state index in [1.54, 1.807) is 24.5 Å². The topological polar surface area (TPSA) is 80.2 Å². The molecule has 0 fully saturated rings. The quantitative estimate of drug-likeness (QED) is 0.657. The van der Waals surface area contributed by atoms with Gasteiger partial charge >= 0.3 is 6.18 Å². The number of sulfonamides is 1. The number of anilines is 1. The average Bonchev–Trinajstić information content (AvgIpc) is 3.21. The maximum atomic E-state index is 13.1. The second kappa shape index (κ2) is 7.63. The highest BCUT2D eigenvalue weighted by Gasteiger charge is 2.31. The Morgan fingerprint density at radius 3 is 2.17 bits per heavy atom. The first-order chi connectivity index (χ1) is 13.6. The molecule has 1 aromatic heterocycles. The Kier molecular flexibility index (Phi) is 5.38. The van der Waals surface area contributed by atoms with Crippen LogP contribution in [0.15, 0.2) is 71.9 Å². The molecule has 10 heteroatoms. The third kappa shape index (κ3) is 4.43. The molecule has 0 radical (unpaired) electrons. The van der Waals surface area contributed by atoms with E-state index in [1.807, 2.05) is 0 Å². The zero-order chi connectivity index (χ0) is 21.2. The number of halogens is 3. The van der Waals surface area contributed by atoms with Crippen LogP contribution in [0.1, 0.15) is 15.9 Å². The predicted molar refractivity (Wildman–Crippen MR) is 101 cm³/mol. The predicted octanol–water partition coefficient (Wildman–Crippen LogP) is 3.66. The maximum absolute atomic E-state index is 13.1. The molecular formula is C19H16F3N3O3S. The van der Waals surface area contributed by atoms with Crippen LogP contribution in [0.5, 0.6) is 0 Å². The summed E-state index contributed by atoms with van der Waals surface area (Å²) >= 11 is 0. The molecule has 0 aliphatic heterocycles. The molecule has 0 bridgehead atoms. The van der Waals surface area contributed by atoms with Crippen LogP contribution in [-0.4, -0.2) is 25.9 Å². The van der Waals surface area contributed by atoms with Crippen molar-refractivity contribution in [3.63, 3.8) is 0 Å². The van der Waals surface area contributed by atoms with Crippen LogP contribution in [0.25, 0.3) is 5.69 Å². The standard InChI is InChI=1S/C19H16F3N3O3S/c1-23-18(26)13-4-7-15(8-5-13)29(27,28)24-16-12-14(19(20,21)22)6-9-17(16)25-10-2-3-11-25/h2-12,24H,1H3,(H,23,26). The number of nitrogens with zero attached hydrogens (tertiary/aromatic N) is 1. The van der Waals surface area contributed by atoms with Gasteiger partial charge in [0.15, 0.2) is 0 Å². The van der Waals surface area contributed by atoms with Crippen LogP contribution in [0.3, 0.4) is 0 Å². The van der Waals surface area contributed by atoms with Crippen molar-refractivity contribution in [2.75, 3.05) is 11.8 Å². The minimum Gasteiger partial charge on any atom is -0.355 e. The van der Waals surface area contributed by atoms with Gasteiger partial charge < -0.3 is 9.88 Å². The van der Waals surface area contributed by atoms with Gasteiger partial charge in [0, 0.05) is 25.0 Å². The smallest absolute Gasteiger partial charge is 0.355 e. The Morgan fingerprint density at radius 2 is 1.62 bits per heavy atom. The van der Waals surface area contributed by atoms with E-state index in [1.165, 1.54) is 41.9 Å². The van der Waals surface area contributed by atoms with E-state index in [-0.39, 0.29) is 21.8 Å². The van der Waals surface area contributed by atoms with Crippen molar-refractivity contribution < 1.29 is 26.4 Å². The molecule has 0 atom stereocenters. The lowest BCUT2D eigenvalue weighted by molar-refractivity contribution is -0.137. The van der Waals surface area contributed by atoms with E-state index in [2.05, 4.69) is 10.0 Å². The molecule has 1 amide bonds. The van der Waals surface area contributed by atoms with Gasteiger partial charge in [0.05, 0.1) is 21.8 Å². The highest BCUT2D eigenvalue weighted by atomic mass is 32.2. The molecule has 2 aromatic carbocycles. The molecule has 0 unspecified atom stereocenters. The van der Waals surface area contributed by atoms with Crippen molar-refractivity contribution in [1.29, 1.82) is 0 Å². The van der Waals surface area contributed by atoms with Crippen molar-refractivity contribution in [3.05, 3.63) is 78.1 Å². The van der Waals surface area contributed by atoms with Gasteiger partial charge in [0.25, 0.3) is 15.9 Å². The van der Waals surface area contributed by atoms with E-state index >= 15 is 0 Å². The van der Waals surface area contributed by atoms with Crippen LogP contribution in [-0.2, 0) is 16.2 Å². The van der Waals surface area contributed by atoms with Gasteiger partial charge in [-0.25, -0.2) is 8.42 Å². The van der Waals surface area contributed by atoms with Crippen LogP contribution in [0, 0.1) is 0 Å². The Morgan fingerprint density at radius 1 is 1.00 bits per heavy atom. The molecular weight excluding hydrogens is 407 g/mol. The fourth-order valence-corrected chi connectivity index (χ4v) is 3.71. The highest BCUT2D eigenvalue weighted by molar-refractivity contribution is 7.92. The molecule has 0 spiro atoms. The summed E-state index contributed by atoms with van der Waals surface area (Å²) in [6.07, 6.45) is -1.47. The third-order valence-corrected chi connectivity index (χ3v) is 5.49. The summed E-state index contributed by atoms with van der Waals surface area (Å²) in [6, 6.07) is 11.2. The summed E-state index contributed by atoms with van der Waals surface area (Å²) < 4.78 is 68.6. The second-order valence-electron chi connectivity index (χ2n) is 6.03. The minimum absolute atomic E-state index is 0.193. The van der Waals surface area contributed by atoms with E-state index < -0.39 is 27.7 Å². The van der Waals surface area contributed by atoms with Gasteiger partial charge in [-0.05, 0) is 54.6 Å². The van der Waals surface area contributed by atoms with E-state index in [0.29, 0.717) is 0 Å². The van der Waals surface area contributed by atoms with Crippen molar-refractivity contribution in [2.45, 2.75) is 11.1 Å². The number of benzene rings is 2. The Bertz CT molecular complexity index is 1120. The van der Waals surface area contributed by atoms with Crippen molar-refractivity contribution >= 4 is 21.6 Å². The zero-order valence-electron chi connectivity index (χ0n) is 15.1. The molecule has 2 N–H and O–H groups in total. The molecule has 0 saturated heterocycles. The molecule has 0 saturated carbocycles. The average molecular weight is 423 g/mol.